The van der Waals surface area contributed by atoms with Crippen LogP contribution in [0.4, 0.5) is 10.6 Å². The zero-order valence-corrected chi connectivity index (χ0v) is 15.9. The van der Waals surface area contributed by atoms with Crippen molar-refractivity contribution < 1.29 is 14.3 Å². The molecule has 1 amide bonds. The molecule has 2 fully saturated rings. The van der Waals surface area contributed by atoms with E-state index in [9.17, 15) is 4.79 Å². The van der Waals surface area contributed by atoms with E-state index < -0.39 is 0 Å². The Labute approximate surface area is 155 Å². The fraction of sp³-hybridized carbons (Fsp3) is 0.737. The number of carbonyl (C=O) groups excluding carboxylic acids is 1. The van der Waals surface area contributed by atoms with Gasteiger partial charge in [-0.25, -0.2) is 4.79 Å². The lowest BCUT2D eigenvalue weighted by Gasteiger charge is -2.31. The van der Waals surface area contributed by atoms with Gasteiger partial charge in [0.1, 0.15) is 0 Å². The van der Waals surface area contributed by atoms with Gasteiger partial charge in [-0.2, -0.15) is 0 Å². The van der Waals surface area contributed by atoms with Crippen molar-refractivity contribution in [1.82, 2.24) is 15.1 Å². The van der Waals surface area contributed by atoms with E-state index in [1.54, 1.807) is 4.90 Å². The van der Waals surface area contributed by atoms with E-state index in [-0.39, 0.29) is 12.2 Å². The third kappa shape index (κ3) is 5.22. The Morgan fingerprint density at radius 3 is 2.46 bits per heavy atom. The van der Waals surface area contributed by atoms with Gasteiger partial charge in [0.25, 0.3) is 0 Å². The number of piperidine rings is 2. The second-order valence-electron chi connectivity index (χ2n) is 7.45. The zero-order valence-electron chi connectivity index (χ0n) is 15.9. The van der Waals surface area contributed by atoms with Crippen LogP contribution in [-0.2, 0) is 4.74 Å². The minimum absolute atomic E-state index is 0.0740. The molecule has 7 nitrogen and oxygen atoms in total. The largest absolute Gasteiger partial charge is 0.476 e. The fourth-order valence-electron chi connectivity index (χ4n) is 3.44. The van der Waals surface area contributed by atoms with Gasteiger partial charge in [-0.15, -0.1) is 10.2 Å². The van der Waals surface area contributed by atoms with Crippen molar-refractivity contribution in [3.05, 3.63) is 12.1 Å². The fourth-order valence-corrected chi connectivity index (χ4v) is 3.44. The van der Waals surface area contributed by atoms with E-state index in [1.165, 1.54) is 19.3 Å². The van der Waals surface area contributed by atoms with Crippen LogP contribution in [0.1, 0.15) is 46.0 Å². The van der Waals surface area contributed by atoms with E-state index in [2.05, 4.69) is 15.1 Å². The first kappa shape index (κ1) is 18.7. The molecular weight excluding hydrogens is 332 g/mol. The van der Waals surface area contributed by atoms with Crippen molar-refractivity contribution >= 4 is 11.9 Å². The minimum Gasteiger partial charge on any atom is -0.476 e. The summed E-state index contributed by atoms with van der Waals surface area (Å²) in [5, 5.41) is 8.53. The van der Waals surface area contributed by atoms with Crippen LogP contribution in [0.5, 0.6) is 5.88 Å². The highest BCUT2D eigenvalue weighted by molar-refractivity contribution is 5.67. The Balaban J connectivity index is 1.40. The van der Waals surface area contributed by atoms with Crippen LogP contribution in [0, 0.1) is 5.92 Å². The molecule has 3 rings (SSSR count). The summed E-state index contributed by atoms with van der Waals surface area (Å²) < 4.78 is 11.1. The van der Waals surface area contributed by atoms with Crippen LogP contribution >= 0.6 is 0 Å². The molecular formula is C19H30N4O3. The predicted molar refractivity (Wildman–Crippen MR) is 99.5 cm³/mol. The molecule has 144 valence electrons. The van der Waals surface area contributed by atoms with E-state index in [0.29, 0.717) is 18.4 Å². The summed E-state index contributed by atoms with van der Waals surface area (Å²) >= 11 is 0. The lowest BCUT2D eigenvalue weighted by Crippen LogP contribution is -2.40. The van der Waals surface area contributed by atoms with Crippen molar-refractivity contribution in [3.63, 3.8) is 0 Å². The number of amides is 1. The molecule has 0 aliphatic carbocycles. The minimum atomic E-state index is -0.210. The first-order valence-electron chi connectivity index (χ1n) is 9.79. The molecule has 0 saturated carbocycles. The van der Waals surface area contributed by atoms with Crippen molar-refractivity contribution in [3.8, 4) is 5.88 Å². The summed E-state index contributed by atoms with van der Waals surface area (Å²) in [5.74, 6) is 1.95. The predicted octanol–water partition coefficient (Wildman–Crippen LogP) is 3.10. The Hall–Kier alpha value is -2.05. The van der Waals surface area contributed by atoms with E-state index in [0.717, 1.165) is 44.8 Å². The van der Waals surface area contributed by atoms with E-state index in [4.69, 9.17) is 9.47 Å². The molecule has 0 radical (unpaired) electrons. The number of carbonyl (C=O) groups is 1. The monoisotopic (exact) mass is 362 g/mol. The highest BCUT2D eigenvalue weighted by Crippen LogP contribution is 2.21. The average Bonchev–Trinajstić information content (AvgIpc) is 2.67. The summed E-state index contributed by atoms with van der Waals surface area (Å²) in [6.07, 6.45) is 5.32. The molecule has 1 aromatic heterocycles. The standard InChI is InChI=1S/C19H30N4O3/c1-15(2)26-19(24)23-12-8-16(9-13-23)14-25-18-7-6-17(20-21-18)22-10-4-3-5-11-22/h6-7,15-16H,3-5,8-14H2,1-2H3. The van der Waals surface area contributed by atoms with Gasteiger partial charge in [0.15, 0.2) is 5.82 Å². The molecule has 0 atom stereocenters. The van der Waals surface area contributed by atoms with Crippen molar-refractivity contribution in [2.75, 3.05) is 37.7 Å². The normalized spacial score (nSPS) is 18.9. The van der Waals surface area contributed by atoms with E-state index in [1.807, 2.05) is 26.0 Å². The van der Waals surface area contributed by atoms with Gasteiger partial charge in [-0.3, -0.25) is 0 Å². The van der Waals surface area contributed by atoms with Crippen LogP contribution in [0.2, 0.25) is 0 Å². The van der Waals surface area contributed by atoms with Crippen molar-refractivity contribution in [1.29, 1.82) is 0 Å². The maximum absolute atomic E-state index is 11.9. The topological polar surface area (TPSA) is 67.8 Å². The summed E-state index contributed by atoms with van der Waals surface area (Å²) in [5.41, 5.74) is 0. The summed E-state index contributed by atoms with van der Waals surface area (Å²) in [6.45, 7) is 7.93. The quantitative estimate of drug-likeness (QED) is 0.802. The maximum Gasteiger partial charge on any atom is 0.410 e. The lowest BCUT2D eigenvalue weighted by atomic mass is 9.98. The summed E-state index contributed by atoms with van der Waals surface area (Å²) in [7, 11) is 0. The molecule has 0 N–H and O–H groups in total. The number of likely N-dealkylation sites (tertiary alicyclic amines) is 1. The first-order chi connectivity index (χ1) is 12.6. The van der Waals surface area contributed by atoms with Gasteiger partial charge in [0.05, 0.1) is 12.7 Å². The Bertz CT molecular complexity index is 565. The van der Waals surface area contributed by atoms with Crippen LogP contribution in [0.25, 0.3) is 0 Å². The number of hydrogen-bond donors (Lipinski definition) is 0. The van der Waals surface area contributed by atoms with Gasteiger partial charge in [-0.05, 0) is 57.9 Å². The molecule has 2 aliphatic heterocycles. The second kappa shape index (κ2) is 9.05. The molecule has 2 aliphatic rings. The Morgan fingerprint density at radius 2 is 1.85 bits per heavy atom. The summed E-state index contributed by atoms with van der Waals surface area (Å²) in [4.78, 5) is 16.0. The highest BCUT2D eigenvalue weighted by atomic mass is 16.6. The number of hydrogen-bond acceptors (Lipinski definition) is 6. The number of ether oxygens (including phenoxy) is 2. The molecule has 0 unspecified atom stereocenters. The molecule has 1 aromatic rings. The van der Waals surface area contributed by atoms with Crippen LogP contribution in [-0.4, -0.2) is 60.1 Å². The maximum atomic E-state index is 11.9. The first-order valence-corrected chi connectivity index (χ1v) is 9.79. The third-order valence-electron chi connectivity index (χ3n) is 4.98. The Kier molecular flexibility index (Phi) is 6.52. The molecule has 0 spiro atoms. The summed E-state index contributed by atoms with van der Waals surface area (Å²) in [6, 6.07) is 3.91. The SMILES string of the molecule is CC(C)OC(=O)N1CCC(COc2ccc(N3CCCCC3)nn2)CC1. The van der Waals surface area contributed by atoms with Crippen LogP contribution in [0.3, 0.4) is 0 Å². The highest BCUT2D eigenvalue weighted by Gasteiger charge is 2.24. The van der Waals surface area contributed by atoms with E-state index >= 15 is 0 Å². The smallest absolute Gasteiger partial charge is 0.410 e. The average molecular weight is 362 g/mol. The van der Waals surface area contributed by atoms with Gasteiger partial charge < -0.3 is 19.3 Å². The third-order valence-corrected chi connectivity index (χ3v) is 4.98. The van der Waals surface area contributed by atoms with Gasteiger partial charge in [0, 0.05) is 32.2 Å². The van der Waals surface area contributed by atoms with Gasteiger partial charge in [-0.1, -0.05) is 0 Å². The number of aromatic nitrogens is 2. The Morgan fingerprint density at radius 1 is 1.12 bits per heavy atom. The molecule has 7 heteroatoms. The van der Waals surface area contributed by atoms with Crippen LogP contribution in [0.15, 0.2) is 12.1 Å². The molecule has 0 bridgehead atoms. The second-order valence-corrected chi connectivity index (χ2v) is 7.45. The van der Waals surface area contributed by atoms with Crippen LogP contribution < -0.4 is 9.64 Å². The molecule has 2 saturated heterocycles. The lowest BCUT2D eigenvalue weighted by molar-refractivity contribution is 0.0605. The molecule has 0 aromatic carbocycles. The molecule has 3 heterocycles. The number of anilines is 1. The zero-order chi connectivity index (χ0) is 18.4. The number of nitrogens with zero attached hydrogens (tertiary/aromatic N) is 4. The molecule has 26 heavy (non-hydrogen) atoms. The number of rotatable bonds is 5. The van der Waals surface area contributed by atoms with Gasteiger partial charge in [0.2, 0.25) is 5.88 Å². The van der Waals surface area contributed by atoms with Gasteiger partial charge >= 0.3 is 6.09 Å². The van der Waals surface area contributed by atoms with Crippen molar-refractivity contribution in [2.24, 2.45) is 5.92 Å². The van der Waals surface area contributed by atoms with Crippen molar-refractivity contribution in [2.45, 2.75) is 52.1 Å².